The summed E-state index contributed by atoms with van der Waals surface area (Å²) in [5, 5.41) is 16.5. The summed E-state index contributed by atoms with van der Waals surface area (Å²) >= 11 is 0. The summed E-state index contributed by atoms with van der Waals surface area (Å²) in [6.45, 7) is 2.37. The fraction of sp³-hybridized carbons (Fsp3) is 0.231. The lowest BCUT2D eigenvalue weighted by Crippen LogP contribution is -2.09. The average Bonchev–Trinajstić information content (AvgIpc) is 2.65. The first-order valence-corrected chi connectivity index (χ1v) is 5.63. The van der Waals surface area contributed by atoms with E-state index in [4.69, 9.17) is 5.11 Å². The Morgan fingerprint density at radius 1 is 1.44 bits per heavy atom. The number of aryl methyl sites for hydroxylation is 2. The topological polar surface area (TPSA) is 67.2 Å². The van der Waals surface area contributed by atoms with Crippen molar-refractivity contribution < 1.29 is 9.90 Å². The van der Waals surface area contributed by atoms with E-state index in [0.29, 0.717) is 12.1 Å². The van der Waals surface area contributed by atoms with Crippen LogP contribution in [0, 0.1) is 6.92 Å². The molecule has 0 aliphatic rings. The van der Waals surface area contributed by atoms with Crippen molar-refractivity contribution in [3.05, 3.63) is 47.2 Å². The zero-order valence-electron chi connectivity index (χ0n) is 10.3. The van der Waals surface area contributed by atoms with Crippen molar-refractivity contribution in [2.45, 2.75) is 13.5 Å². The van der Waals surface area contributed by atoms with Gasteiger partial charge in [-0.1, -0.05) is 18.2 Å². The highest BCUT2D eigenvalue weighted by Crippen LogP contribution is 2.13. The number of rotatable bonds is 4. The van der Waals surface area contributed by atoms with Crippen molar-refractivity contribution in [1.82, 2.24) is 9.78 Å². The summed E-state index contributed by atoms with van der Waals surface area (Å²) in [5.41, 5.74) is 2.00. The van der Waals surface area contributed by atoms with Crippen LogP contribution < -0.4 is 5.32 Å². The van der Waals surface area contributed by atoms with E-state index in [9.17, 15) is 4.79 Å². The summed E-state index contributed by atoms with van der Waals surface area (Å²) < 4.78 is 1.73. The molecular weight excluding hydrogens is 230 g/mol. The third-order valence-corrected chi connectivity index (χ3v) is 2.71. The third-order valence-electron chi connectivity index (χ3n) is 2.71. The van der Waals surface area contributed by atoms with Crippen molar-refractivity contribution in [2.24, 2.45) is 7.05 Å². The predicted molar refractivity (Wildman–Crippen MR) is 68.7 cm³/mol. The second-order valence-electron chi connectivity index (χ2n) is 4.11. The van der Waals surface area contributed by atoms with Gasteiger partial charge >= 0.3 is 5.97 Å². The fourth-order valence-electron chi connectivity index (χ4n) is 1.84. The number of carbonyl (C=O) groups is 1. The molecule has 0 bridgehead atoms. The number of anilines is 1. The molecule has 2 rings (SSSR count). The summed E-state index contributed by atoms with van der Waals surface area (Å²) in [7, 11) is 1.85. The minimum absolute atomic E-state index is 0.323. The zero-order chi connectivity index (χ0) is 13.1. The maximum Gasteiger partial charge on any atom is 0.336 e. The van der Waals surface area contributed by atoms with E-state index in [1.165, 1.54) is 0 Å². The van der Waals surface area contributed by atoms with Crippen molar-refractivity contribution in [3.8, 4) is 0 Å². The van der Waals surface area contributed by atoms with Gasteiger partial charge in [0.05, 0.1) is 11.3 Å². The van der Waals surface area contributed by atoms with E-state index >= 15 is 0 Å². The van der Waals surface area contributed by atoms with Crippen molar-refractivity contribution in [3.63, 3.8) is 0 Å². The Morgan fingerprint density at radius 2 is 2.17 bits per heavy atom. The molecular formula is C13H15N3O2. The first-order valence-electron chi connectivity index (χ1n) is 5.63. The van der Waals surface area contributed by atoms with Crippen LogP contribution in [0.3, 0.4) is 0 Å². The van der Waals surface area contributed by atoms with Gasteiger partial charge in [-0.3, -0.25) is 4.68 Å². The Bertz CT molecular complexity index is 575. The van der Waals surface area contributed by atoms with Gasteiger partial charge in [0.15, 0.2) is 0 Å². The van der Waals surface area contributed by atoms with Crippen LogP contribution in [0.4, 0.5) is 5.82 Å². The molecule has 0 fully saturated rings. The molecule has 94 valence electrons. The molecule has 0 unspecified atom stereocenters. The SMILES string of the molecule is Cc1cc(NCc2ccccc2C(=O)O)n(C)n1. The molecule has 0 saturated heterocycles. The van der Waals surface area contributed by atoms with Crippen LogP contribution in [0.2, 0.25) is 0 Å². The molecule has 1 aromatic heterocycles. The maximum atomic E-state index is 11.1. The Balaban J connectivity index is 2.15. The predicted octanol–water partition coefficient (Wildman–Crippen LogP) is 2.04. The molecule has 0 atom stereocenters. The van der Waals surface area contributed by atoms with Gasteiger partial charge in [-0.2, -0.15) is 5.10 Å². The molecule has 1 heterocycles. The molecule has 0 spiro atoms. The van der Waals surface area contributed by atoms with E-state index in [2.05, 4.69) is 10.4 Å². The quantitative estimate of drug-likeness (QED) is 0.865. The minimum Gasteiger partial charge on any atom is -0.478 e. The highest BCUT2D eigenvalue weighted by Gasteiger charge is 2.09. The van der Waals surface area contributed by atoms with Gasteiger partial charge in [0, 0.05) is 19.7 Å². The first-order chi connectivity index (χ1) is 8.58. The van der Waals surface area contributed by atoms with Gasteiger partial charge in [-0.25, -0.2) is 4.79 Å². The third kappa shape index (κ3) is 2.51. The van der Waals surface area contributed by atoms with Crippen molar-refractivity contribution in [1.29, 1.82) is 0 Å². The van der Waals surface area contributed by atoms with E-state index in [1.54, 1.807) is 22.9 Å². The molecule has 0 aliphatic carbocycles. The van der Waals surface area contributed by atoms with Gasteiger partial charge in [0.2, 0.25) is 0 Å². The van der Waals surface area contributed by atoms with E-state index < -0.39 is 5.97 Å². The first kappa shape index (κ1) is 12.2. The molecule has 5 nitrogen and oxygen atoms in total. The van der Waals surface area contributed by atoms with Gasteiger partial charge < -0.3 is 10.4 Å². The monoisotopic (exact) mass is 245 g/mol. The lowest BCUT2D eigenvalue weighted by atomic mass is 10.1. The van der Waals surface area contributed by atoms with E-state index in [1.807, 2.05) is 26.1 Å². The van der Waals surface area contributed by atoms with Crippen LogP contribution in [0.1, 0.15) is 21.6 Å². The lowest BCUT2D eigenvalue weighted by Gasteiger charge is -2.08. The molecule has 2 N–H and O–H groups in total. The second-order valence-corrected chi connectivity index (χ2v) is 4.11. The Morgan fingerprint density at radius 3 is 2.78 bits per heavy atom. The van der Waals surface area contributed by atoms with Crippen LogP contribution in [-0.2, 0) is 13.6 Å². The number of hydrogen-bond donors (Lipinski definition) is 2. The van der Waals surface area contributed by atoms with Gasteiger partial charge in [0.1, 0.15) is 5.82 Å². The molecule has 5 heteroatoms. The molecule has 1 aromatic carbocycles. The number of carboxylic acid groups (broad SMARTS) is 1. The molecule has 0 saturated carbocycles. The largest absolute Gasteiger partial charge is 0.478 e. The van der Waals surface area contributed by atoms with E-state index in [0.717, 1.165) is 17.1 Å². The highest BCUT2D eigenvalue weighted by atomic mass is 16.4. The number of benzene rings is 1. The standard InChI is InChI=1S/C13H15N3O2/c1-9-7-12(16(2)15-9)14-8-10-5-3-4-6-11(10)13(17)18/h3-7,14H,8H2,1-2H3,(H,17,18). The van der Waals surface area contributed by atoms with Gasteiger partial charge in [0.25, 0.3) is 0 Å². The summed E-state index contributed by atoms with van der Waals surface area (Å²) in [6.07, 6.45) is 0. The molecule has 0 amide bonds. The number of aromatic nitrogens is 2. The summed E-state index contributed by atoms with van der Waals surface area (Å²) in [6, 6.07) is 8.88. The van der Waals surface area contributed by atoms with Crippen LogP contribution in [-0.4, -0.2) is 20.9 Å². The van der Waals surface area contributed by atoms with Gasteiger partial charge in [-0.15, -0.1) is 0 Å². The maximum absolute atomic E-state index is 11.1. The average molecular weight is 245 g/mol. The van der Waals surface area contributed by atoms with Crippen LogP contribution >= 0.6 is 0 Å². The molecule has 0 aliphatic heterocycles. The fourth-order valence-corrected chi connectivity index (χ4v) is 1.84. The lowest BCUT2D eigenvalue weighted by molar-refractivity contribution is 0.0696. The Kier molecular flexibility index (Phi) is 3.32. The van der Waals surface area contributed by atoms with Crippen LogP contribution in [0.15, 0.2) is 30.3 Å². The van der Waals surface area contributed by atoms with Crippen molar-refractivity contribution in [2.75, 3.05) is 5.32 Å². The van der Waals surface area contributed by atoms with E-state index in [-0.39, 0.29) is 0 Å². The number of nitrogens with zero attached hydrogens (tertiary/aromatic N) is 2. The number of hydrogen-bond acceptors (Lipinski definition) is 3. The van der Waals surface area contributed by atoms with Gasteiger partial charge in [-0.05, 0) is 18.6 Å². The van der Waals surface area contributed by atoms with Crippen LogP contribution in [0.5, 0.6) is 0 Å². The smallest absolute Gasteiger partial charge is 0.336 e. The summed E-state index contributed by atoms with van der Waals surface area (Å²) in [5.74, 6) is -0.0405. The Hall–Kier alpha value is -2.30. The normalized spacial score (nSPS) is 10.3. The molecule has 0 radical (unpaired) electrons. The summed E-state index contributed by atoms with van der Waals surface area (Å²) in [4.78, 5) is 11.1. The molecule has 18 heavy (non-hydrogen) atoms. The number of aromatic carboxylic acids is 1. The highest BCUT2D eigenvalue weighted by molar-refractivity contribution is 5.89. The minimum atomic E-state index is -0.909. The molecule has 2 aromatic rings. The second kappa shape index (κ2) is 4.91. The number of carboxylic acids is 1. The zero-order valence-corrected chi connectivity index (χ0v) is 10.3. The van der Waals surface area contributed by atoms with Crippen LogP contribution in [0.25, 0.3) is 0 Å². The number of nitrogens with one attached hydrogen (secondary N) is 1. The van der Waals surface area contributed by atoms with Crippen molar-refractivity contribution >= 4 is 11.8 Å². The Labute approximate surface area is 105 Å².